The standard InChI is InChI=1S/C23H27BrN8O3/c1-30-12-13-31(21(33)14-30)17-6-8-19(28-22(17)15-4-2-3-5-16(15)24)26-10-11-27-20-9-7-18(32(34)35)23(25)29-20/h2-9,34-35H,10-14H2,1H3,(H,26,28)(H3,25,27,29). The monoisotopic (exact) mass is 542 g/mol. The van der Waals surface area contributed by atoms with Crippen molar-refractivity contribution in [2.75, 3.05) is 66.3 Å². The van der Waals surface area contributed by atoms with Crippen LogP contribution in [0, 0.1) is 0 Å². The molecule has 0 spiro atoms. The Morgan fingerprint density at radius 3 is 2.37 bits per heavy atom. The summed E-state index contributed by atoms with van der Waals surface area (Å²) in [6, 6.07) is 14.6. The third-order valence-electron chi connectivity index (χ3n) is 5.56. The highest BCUT2D eigenvalue weighted by Crippen LogP contribution is 2.35. The van der Waals surface area contributed by atoms with Crippen LogP contribution in [-0.2, 0) is 4.79 Å². The zero-order valence-electron chi connectivity index (χ0n) is 19.1. The number of halogens is 1. The van der Waals surface area contributed by atoms with Gasteiger partial charge in [0.15, 0.2) is 5.82 Å². The number of nitrogen functional groups attached to an aromatic ring is 1. The van der Waals surface area contributed by atoms with Gasteiger partial charge < -0.3 is 21.3 Å². The molecule has 1 saturated heterocycles. The van der Waals surface area contributed by atoms with Crippen molar-refractivity contribution >= 4 is 50.7 Å². The minimum Gasteiger partial charge on any atom is -0.382 e. The maximum Gasteiger partial charge on any atom is 0.241 e. The number of likely N-dealkylation sites (N-methyl/N-ethyl adjacent to an activating group) is 1. The number of carbonyl (C=O) groups is 1. The van der Waals surface area contributed by atoms with E-state index in [1.807, 2.05) is 48.3 Å². The third kappa shape index (κ3) is 5.80. The fourth-order valence-corrected chi connectivity index (χ4v) is 4.25. The molecule has 0 unspecified atom stereocenters. The van der Waals surface area contributed by atoms with Crippen LogP contribution in [0.5, 0.6) is 0 Å². The fourth-order valence-electron chi connectivity index (χ4n) is 3.78. The minimum atomic E-state index is -0.0681. The topological polar surface area (TPSA) is 143 Å². The van der Waals surface area contributed by atoms with Crippen molar-refractivity contribution in [1.29, 1.82) is 0 Å². The van der Waals surface area contributed by atoms with Gasteiger partial charge in [0.1, 0.15) is 17.3 Å². The van der Waals surface area contributed by atoms with Crippen molar-refractivity contribution in [3.05, 3.63) is 53.0 Å². The predicted octanol–water partition coefficient (Wildman–Crippen LogP) is 2.88. The molecule has 11 nitrogen and oxygen atoms in total. The number of nitrogens with one attached hydrogen (secondary N) is 2. The van der Waals surface area contributed by atoms with Crippen LogP contribution in [0.15, 0.2) is 53.0 Å². The first kappa shape index (κ1) is 24.7. The molecule has 1 fully saturated rings. The number of hydrogen-bond acceptors (Lipinski definition) is 10. The molecule has 1 aliphatic rings. The van der Waals surface area contributed by atoms with Gasteiger partial charge in [-0.2, -0.15) is 0 Å². The summed E-state index contributed by atoms with van der Waals surface area (Å²) in [6.07, 6.45) is 0. The summed E-state index contributed by atoms with van der Waals surface area (Å²) in [5, 5.41) is 24.5. The highest BCUT2D eigenvalue weighted by Gasteiger charge is 2.26. The number of piperazine rings is 1. The summed E-state index contributed by atoms with van der Waals surface area (Å²) in [4.78, 5) is 25.5. The summed E-state index contributed by atoms with van der Waals surface area (Å²) in [7, 11) is 1.94. The van der Waals surface area contributed by atoms with Crippen LogP contribution >= 0.6 is 15.9 Å². The molecule has 1 aromatic carbocycles. The lowest BCUT2D eigenvalue weighted by Crippen LogP contribution is -2.49. The van der Waals surface area contributed by atoms with Gasteiger partial charge in [-0.3, -0.25) is 20.1 Å². The van der Waals surface area contributed by atoms with E-state index < -0.39 is 0 Å². The molecular formula is C23H27BrN8O3. The number of benzene rings is 1. The number of anilines is 5. The van der Waals surface area contributed by atoms with Crippen molar-refractivity contribution < 1.29 is 15.2 Å². The number of nitrogens with two attached hydrogens (primary N) is 1. The van der Waals surface area contributed by atoms with Gasteiger partial charge in [-0.25, -0.2) is 9.97 Å². The SMILES string of the molecule is CN1CCN(c2ccc(NCCNc3ccc(N(O)O)c(N)n3)nc2-c2ccccc2Br)C(=O)C1. The fraction of sp³-hybridized carbons (Fsp3) is 0.261. The van der Waals surface area contributed by atoms with Gasteiger partial charge in [0.05, 0.1) is 17.9 Å². The molecule has 2 aromatic heterocycles. The normalized spacial score (nSPS) is 14.2. The lowest BCUT2D eigenvalue weighted by molar-refractivity contribution is -0.120. The highest BCUT2D eigenvalue weighted by atomic mass is 79.9. The van der Waals surface area contributed by atoms with Gasteiger partial charge >= 0.3 is 0 Å². The first-order valence-electron chi connectivity index (χ1n) is 11.0. The summed E-state index contributed by atoms with van der Waals surface area (Å²) in [5.74, 6) is 1.20. The molecule has 35 heavy (non-hydrogen) atoms. The predicted molar refractivity (Wildman–Crippen MR) is 139 cm³/mol. The second-order valence-corrected chi connectivity index (χ2v) is 8.93. The van der Waals surface area contributed by atoms with Crippen molar-refractivity contribution in [2.45, 2.75) is 0 Å². The van der Waals surface area contributed by atoms with E-state index in [1.165, 1.54) is 6.07 Å². The Balaban J connectivity index is 1.49. The first-order chi connectivity index (χ1) is 16.8. The van der Waals surface area contributed by atoms with Crippen LogP contribution in [0.25, 0.3) is 11.3 Å². The zero-order valence-corrected chi connectivity index (χ0v) is 20.7. The Morgan fingerprint density at radius 2 is 1.71 bits per heavy atom. The Kier molecular flexibility index (Phi) is 7.66. The van der Waals surface area contributed by atoms with Crippen LogP contribution in [0.4, 0.5) is 28.8 Å². The van der Waals surface area contributed by atoms with E-state index in [2.05, 4.69) is 31.5 Å². The Hall–Kier alpha value is -3.45. The number of amides is 1. The quantitative estimate of drug-likeness (QED) is 0.213. The van der Waals surface area contributed by atoms with E-state index in [9.17, 15) is 4.79 Å². The molecule has 0 saturated carbocycles. The Bertz CT molecular complexity index is 1210. The van der Waals surface area contributed by atoms with Crippen LogP contribution in [0.3, 0.4) is 0 Å². The Labute approximate surface area is 211 Å². The largest absolute Gasteiger partial charge is 0.382 e. The summed E-state index contributed by atoms with van der Waals surface area (Å²) in [6.45, 7) is 2.81. The van der Waals surface area contributed by atoms with E-state index in [4.69, 9.17) is 21.1 Å². The molecule has 3 heterocycles. The lowest BCUT2D eigenvalue weighted by Gasteiger charge is -2.33. The third-order valence-corrected chi connectivity index (χ3v) is 6.25. The molecule has 0 atom stereocenters. The maximum atomic E-state index is 12.8. The van der Waals surface area contributed by atoms with E-state index in [0.717, 1.165) is 28.0 Å². The molecule has 1 amide bonds. The van der Waals surface area contributed by atoms with Crippen LogP contribution in [0.2, 0.25) is 0 Å². The van der Waals surface area contributed by atoms with E-state index >= 15 is 0 Å². The van der Waals surface area contributed by atoms with Gasteiger partial charge in [0.2, 0.25) is 5.91 Å². The number of carbonyl (C=O) groups excluding carboxylic acids is 1. The molecule has 3 aromatic rings. The maximum absolute atomic E-state index is 12.8. The minimum absolute atomic E-state index is 0.00333. The van der Waals surface area contributed by atoms with E-state index in [0.29, 0.717) is 37.8 Å². The molecule has 4 rings (SSSR count). The number of pyridine rings is 2. The molecule has 1 aliphatic heterocycles. The smallest absolute Gasteiger partial charge is 0.241 e. The molecule has 184 valence electrons. The molecular weight excluding hydrogens is 516 g/mol. The molecule has 0 radical (unpaired) electrons. The molecule has 6 N–H and O–H groups in total. The second-order valence-electron chi connectivity index (χ2n) is 8.07. The Morgan fingerprint density at radius 1 is 1.03 bits per heavy atom. The van der Waals surface area contributed by atoms with Crippen LogP contribution in [-0.4, -0.2) is 71.0 Å². The molecule has 12 heteroatoms. The van der Waals surface area contributed by atoms with E-state index in [1.54, 1.807) is 11.0 Å². The van der Waals surface area contributed by atoms with Gasteiger partial charge in [-0.05, 0) is 37.4 Å². The van der Waals surface area contributed by atoms with Crippen molar-refractivity contribution in [3.8, 4) is 11.3 Å². The number of rotatable bonds is 8. The highest BCUT2D eigenvalue weighted by molar-refractivity contribution is 9.10. The molecule has 0 bridgehead atoms. The zero-order chi connectivity index (χ0) is 24.9. The summed E-state index contributed by atoms with van der Waals surface area (Å²) in [5.41, 5.74) is 8.12. The first-order valence-corrected chi connectivity index (χ1v) is 11.8. The number of nitrogens with zero attached hydrogens (tertiary/aromatic N) is 5. The van der Waals surface area contributed by atoms with Gasteiger partial charge in [0, 0.05) is 36.2 Å². The average molecular weight is 543 g/mol. The second kappa shape index (κ2) is 10.9. The summed E-state index contributed by atoms with van der Waals surface area (Å²) >= 11 is 3.62. The van der Waals surface area contributed by atoms with Crippen molar-refractivity contribution in [2.24, 2.45) is 0 Å². The number of aromatic nitrogens is 2. The molecule has 0 aliphatic carbocycles. The van der Waals surface area contributed by atoms with Crippen LogP contribution in [0.1, 0.15) is 0 Å². The number of hydrogen-bond donors (Lipinski definition) is 5. The van der Waals surface area contributed by atoms with E-state index in [-0.39, 0.29) is 22.6 Å². The van der Waals surface area contributed by atoms with Crippen molar-refractivity contribution in [3.63, 3.8) is 0 Å². The average Bonchev–Trinajstić information content (AvgIpc) is 2.82. The van der Waals surface area contributed by atoms with Gasteiger partial charge in [-0.15, -0.1) is 5.23 Å². The van der Waals surface area contributed by atoms with Gasteiger partial charge in [-0.1, -0.05) is 34.1 Å². The summed E-state index contributed by atoms with van der Waals surface area (Å²) < 4.78 is 0.894. The lowest BCUT2D eigenvalue weighted by atomic mass is 10.1. The van der Waals surface area contributed by atoms with Crippen molar-refractivity contribution in [1.82, 2.24) is 14.9 Å². The van der Waals surface area contributed by atoms with Crippen LogP contribution < -0.4 is 26.5 Å². The van der Waals surface area contributed by atoms with Gasteiger partial charge in [0.25, 0.3) is 0 Å².